The van der Waals surface area contributed by atoms with Gasteiger partial charge >= 0.3 is 0 Å². The zero-order chi connectivity index (χ0) is 13.1. The molecule has 18 heavy (non-hydrogen) atoms. The molecule has 0 aliphatic carbocycles. The smallest absolute Gasteiger partial charge is 0.186 e. The van der Waals surface area contributed by atoms with Crippen LogP contribution in [0.1, 0.15) is 35.1 Å². The normalized spacial score (nSPS) is 20.3. The van der Waals surface area contributed by atoms with Gasteiger partial charge in [-0.15, -0.1) is 0 Å². The van der Waals surface area contributed by atoms with Crippen LogP contribution in [0.2, 0.25) is 0 Å². The van der Waals surface area contributed by atoms with Gasteiger partial charge in [0, 0.05) is 19.6 Å². The van der Waals surface area contributed by atoms with Crippen LogP contribution < -0.4 is 4.90 Å². The molecule has 0 saturated carbocycles. The molecule has 0 bridgehead atoms. The fraction of sp³-hybridized carbons (Fsp3) is 0.692. The number of likely N-dealkylation sites (tertiary alicyclic amines) is 1. The lowest BCUT2D eigenvalue weighted by molar-refractivity contribution is 0.112. The highest BCUT2D eigenvalue weighted by Gasteiger charge is 2.23. The number of nitrogens with zero attached hydrogens (tertiary/aromatic N) is 3. The highest BCUT2D eigenvalue weighted by molar-refractivity contribution is 7.17. The van der Waals surface area contributed by atoms with Crippen molar-refractivity contribution in [3.8, 4) is 0 Å². The van der Waals surface area contributed by atoms with E-state index < -0.39 is 0 Å². The summed E-state index contributed by atoms with van der Waals surface area (Å²) >= 11 is 1.51. The summed E-state index contributed by atoms with van der Waals surface area (Å²) in [6.45, 7) is 4.22. The average molecular weight is 267 g/mol. The van der Waals surface area contributed by atoms with Gasteiger partial charge in [0.1, 0.15) is 0 Å². The van der Waals surface area contributed by atoms with E-state index in [2.05, 4.69) is 28.9 Å². The Morgan fingerprint density at radius 2 is 2.39 bits per heavy atom. The van der Waals surface area contributed by atoms with Crippen LogP contribution in [0.4, 0.5) is 5.13 Å². The molecule has 0 radical (unpaired) electrons. The van der Waals surface area contributed by atoms with Gasteiger partial charge in [0.15, 0.2) is 11.4 Å². The number of carbonyl (C=O) groups is 1. The summed E-state index contributed by atoms with van der Waals surface area (Å²) in [5, 5.41) is 0.967. The molecule has 1 unspecified atom stereocenters. The lowest BCUT2D eigenvalue weighted by Crippen LogP contribution is -2.36. The van der Waals surface area contributed by atoms with Gasteiger partial charge in [-0.3, -0.25) is 4.79 Å². The minimum absolute atomic E-state index is 0.614. The minimum atomic E-state index is 0.614. The van der Waals surface area contributed by atoms with Crippen molar-refractivity contribution in [2.45, 2.75) is 32.2 Å². The molecule has 1 aromatic heterocycles. The van der Waals surface area contributed by atoms with Crippen molar-refractivity contribution < 1.29 is 4.79 Å². The zero-order valence-electron chi connectivity index (χ0n) is 11.3. The van der Waals surface area contributed by atoms with Crippen molar-refractivity contribution in [1.82, 2.24) is 9.88 Å². The summed E-state index contributed by atoms with van der Waals surface area (Å²) in [7, 11) is 4.25. The van der Waals surface area contributed by atoms with Gasteiger partial charge in [-0.2, -0.15) is 0 Å². The first-order chi connectivity index (χ1) is 8.65. The summed E-state index contributed by atoms with van der Waals surface area (Å²) < 4.78 is 0. The van der Waals surface area contributed by atoms with Crippen molar-refractivity contribution in [2.24, 2.45) is 0 Å². The van der Waals surface area contributed by atoms with E-state index in [4.69, 9.17) is 0 Å². The molecule has 4 nitrogen and oxygen atoms in total. The van der Waals surface area contributed by atoms with Crippen LogP contribution in [0.3, 0.4) is 0 Å². The molecule has 1 aromatic rings. The Hall–Kier alpha value is -0.940. The summed E-state index contributed by atoms with van der Waals surface area (Å²) in [6, 6.07) is 0.614. The molecular formula is C13H21N3OS. The number of hydrogen-bond donors (Lipinski definition) is 0. The summed E-state index contributed by atoms with van der Waals surface area (Å²) in [4.78, 5) is 20.9. The van der Waals surface area contributed by atoms with Gasteiger partial charge in [-0.1, -0.05) is 18.3 Å². The first-order valence-electron chi connectivity index (χ1n) is 6.52. The fourth-order valence-electron chi connectivity index (χ4n) is 2.46. The molecule has 2 rings (SSSR count). The molecule has 5 heteroatoms. The number of aromatic nitrogens is 1. The third kappa shape index (κ3) is 2.72. The van der Waals surface area contributed by atoms with E-state index in [0.29, 0.717) is 6.04 Å². The lowest BCUT2D eigenvalue weighted by atomic mass is 10.2. The topological polar surface area (TPSA) is 36.4 Å². The van der Waals surface area contributed by atoms with E-state index in [0.717, 1.165) is 35.0 Å². The molecular weight excluding hydrogens is 246 g/mol. The highest BCUT2D eigenvalue weighted by Crippen LogP contribution is 2.26. The Morgan fingerprint density at radius 3 is 2.89 bits per heavy atom. The highest BCUT2D eigenvalue weighted by atomic mass is 32.1. The Balaban J connectivity index is 2.06. The Morgan fingerprint density at radius 1 is 1.61 bits per heavy atom. The van der Waals surface area contributed by atoms with E-state index >= 15 is 0 Å². The van der Waals surface area contributed by atoms with Gasteiger partial charge in [-0.25, -0.2) is 4.98 Å². The van der Waals surface area contributed by atoms with E-state index in [1.807, 2.05) is 6.92 Å². The number of carbonyl (C=O) groups excluding carboxylic acids is 1. The SMILES string of the molecule is CCc1nc(N(C)CC2CCCN2C)sc1C=O. The van der Waals surface area contributed by atoms with Crippen molar-refractivity contribution in [3.63, 3.8) is 0 Å². The third-order valence-electron chi connectivity index (χ3n) is 3.64. The molecule has 2 heterocycles. The number of likely N-dealkylation sites (N-methyl/N-ethyl adjacent to an activating group) is 2. The van der Waals surface area contributed by atoms with E-state index in [1.165, 1.54) is 30.7 Å². The van der Waals surface area contributed by atoms with Gasteiger partial charge in [0.2, 0.25) is 0 Å². The second-order valence-electron chi connectivity index (χ2n) is 4.94. The van der Waals surface area contributed by atoms with Crippen LogP contribution >= 0.6 is 11.3 Å². The molecule has 1 aliphatic rings. The maximum Gasteiger partial charge on any atom is 0.186 e. The second kappa shape index (κ2) is 5.80. The fourth-order valence-corrected chi connectivity index (χ4v) is 3.40. The molecule has 1 atom stereocenters. The lowest BCUT2D eigenvalue weighted by Gasteiger charge is -2.25. The van der Waals surface area contributed by atoms with Crippen molar-refractivity contribution >= 4 is 22.8 Å². The van der Waals surface area contributed by atoms with E-state index in [1.54, 1.807) is 0 Å². The number of anilines is 1. The van der Waals surface area contributed by atoms with Crippen LogP contribution in [0.5, 0.6) is 0 Å². The number of rotatable bonds is 5. The Labute approximate surface area is 113 Å². The van der Waals surface area contributed by atoms with Crippen LogP contribution in [-0.2, 0) is 6.42 Å². The largest absolute Gasteiger partial charge is 0.350 e. The van der Waals surface area contributed by atoms with Crippen molar-refractivity contribution in [1.29, 1.82) is 0 Å². The standard InChI is InChI=1S/C13H21N3OS/c1-4-11-12(9-17)18-13(14-11)16(3)8-10-6-5-7-15(10)2/h9-10H,4-8H2,1-3H3. The molecule has 100 valence electrons. The maximum absolute atomic E-state index is 11.0. The average Bonchev–Trinajstić information content (AvgIpc) is 2.96. The minimum Gasteiger partial charge on any atom is -0.350 e. The molecule has 0 aromatic carbocycles. The van der Waals surface area contributed by atoms with Crippen molar-refractivity contribution in [3.05, 3.63) is 10.6 Å². The summed E-state index contributed by atoms with van der Waals surface area (Å²) in [5.74, 6) is 0. The molecule has 0 N–H and O–H groups in total. The predicted molar refractivity (Wildman–Crippen MR) is 75.8 cm³/mol. The quantitative estimate of drug-likeness (QED) is 0.765. The number of aryl methyl sites for hydroxylation is 1. The molecule has 0 amide bonds. The van der Waals surface area contributed by atoms with Crippen LogP contribution in [0.15, 0.2) is 0 Å². The number of hydrogen-bond acceptors (Lipinski definition) is 5. The number of aldehydes is 1. The van der Waals surface area contributed by atoms with Crippen LogP contribution in [0.25, 0.3) is 0 Å². The monoisotopic (exact) mass is 267 g/mol. The van der Waals surface area contributed by atoms with Crippen LogP contribution in [-0.4, -0.2) is 49.4 Å². The Bertz CT molecular complexity index is 418. The summed E-state index contributed by atoms with van der Waals surface area (Å²) in [5.41, 5.74) is 0.927. The van der Waals surface area contributed by atoms with Gasteiger partial charge in [-0.05, 0) is 32.9 Å². The van der Waals surface area contributed by atoms with Gasteiger partial charge in [0.25, 0.3) is 0 Å². The summed E-state index contributed by atoms with van der Waals surface area (Å²) in [6.07, 6.45) is 4.29. The number of thiazole rings is 1. The maximum atomic E-state index is 11.0. The van der Waals surface area contributed by atoms with Gasteiger partial charge < -0.3 is 9.80 Å². The molecule has 1 saturated heterocycles. The van der Waals surface area contributed by atoms with Crippen molar-refractivity contribution in [2.75, 3.05) is 32.1 Å². The first-order valence-corrected chi connectivity index (χ1v) is 7.33. The van der Waals surface area contributed by atoms with E-state index in [9.17, 15) is 4.79 Å². The van der Waals surface area contributed by atoms with Crippen LogP contribution in [0, 0.1) is 0 Å². The third-order valence-corrected chi connectivity index (χ3v) is 4.78. The van der Waals surface area contributed by atoms with E-state index in [-0.39, 0.29) is 0 Å². The molecule has 0 spiro atoms. The predicted octanol–water partition coefficient (Wildman–Crippen LogP) is 2.05. The molecule has 1 fully saturated rings. The first kappa shape index (κ1) is 13.5. The second-order valence-corrected chi connectivity index (χ2v) is 5.95. The molecule has 1 aliphatic heterocycles. The Kier molecular flexibility index (Phi) is 4.35. The zero-order valence-corrected chi connectivity index (χ0v) is 12.2. The van der Waals surface area contributed by atoms with Gasteiger partial charge in [0.05, 0.1) is 10.6 Å².